The minimum atomic E-state index is -0.244. The van der Waals surface area contributed by atoms with E-state index in [0.29, 0.717) is 26.2 Å². The monoisotopic (exact) mass is 173 g/mol. The Morgan fingerprint density at radius 3 is 2.33 bits per heavy atom. The van der Waals surface area contributed by atoms with Crippen molar-refractivity contribution in [3.8, 4) is 0 Å². The van der Waals surface area contributed by atoms with Gasteiger partial charge in [0.1, 0.15) is 5.78 Å². The van der Waals surface area contributed by atoms with Gasteiger partial charge in [-0.15, -0.1) is 0 Å². The topological polar surface area (TPSA) is 52.3 Å². The zero-order valence-electron chi connectivity index (χ0n) is 8.22. The van der Waals surface area contributed by atoms with Crippen molar-refractivity contribution < 1.29 is 9.53 Å². The Balaban J connectivity index is 3.45. The number of nitrogens with two attached hydrogens (primary N) is 1. The molecule has 0 aliphatic rings. The maximum Gasteiger partial charge on any atom is 0.140 e. The maximum atomic E-state index is 11.3. The van der Waals surface area contributed by atoms with E-state index in [9.17, 15) is 4.79 Å². The molecule has 0 aromatic carbocycles. The van der Waals surface area contributed by atoms with Crippen molar-refractivity contribution in [2.24, 2.45) is 11.1 Å². The largest absolute Gasteiger partial charge is 0.380 e. The molecule has 0 bridgehead atoms. The first kappa shape index (κ1) is 11.6. The molecule has 0 unspecified atom stereocenters. The third-order valence-corrected chi connectivity index (χ3v) is 1.57. The minimum Gasteiger partial charge on any atom is -0.380 e. The van der Waals surface area contributed by atoms with E-state index in [1.165, 1.54) is 0 Å². The molecule has 3 nitrogen and oxygen atoms in total. The van der Waals surface area contributed by atoms with Crippen molar-refractivity contribution in [2.75, 3.05) is 19.8 Å². The average molecular weight is 173 g/mol. The Kier molecular flexibility index (Phi) is 5.09. The molecule has 0 heterocycles. The first-order chi connectivity index (χ1) is 5.48. The quantitative estimate of drug-likeness (QED) is 0.630. The van der Waals surface area contributed by atoms with Crippen LogP contribution >= 0.6 is 0 Å². The van der Waals surface area contributed by atoms with Gasteiger partial charge in [0.2, 0.25) is 0 Å². The van der Waals surface area contributed by atoms with Crippen LogP contribution in [0.3, 0.4) is 0 Å². The molecule has 0 fully saturated rings. The Bertz CT molecular complexity index is 138. The van der Waals surface area contributed by atoms with Crippen molar-refractivity contribution in [2.45, 2.75) is 27.2 Å². The highest BCUT2D eigenvalue weighted by Gasteiger charge is 2.19. The third kappa shape index (κ3) is 5.27. The number of rotatable bonds is 5. The molecule has 0 spiro atoms. The fourth-order valence-corrected chi connectivity index (χ4v) is 0.725. The number of ether oxygens (including phenoxy) is 1. The summed E-state index contributed by atoms with van der Waals surface area (Å²) in [4.78, 5) is 11.3. The molecule has 0 saturated carbocycles. The second kappa shape index (κ2) is 5.27. The standard InChI is InChI=1S/C9H19NO2/c1-9(2,3)8(11)4-6-12-7-5-10/h4-7,10H2,1-3H3. The molecule has 0 aromatic rings. The van der Waals surface area contributed by atoms with Gasteiger partial charge in [0, 0.05) is 18.4 Å². The smallest absolute Gasteiger partial charge is 0.140 e. The van der Waals surface area contributed by atoms with E-state index < -0.39 is 0 Å². The summed E-state index contributed by atoms with van der Waals surface area (Å²) in [7, 11) is 0. The molecule has 0 aliphatic heterocycles. The van der Waals surface area contributed by atoms with E-state index in [0.717, 1.165) is 0 Å². The molecule has 0 radical (unpaired) electrons. The molecular formula is C9H19NO2. The minimum absolute atomic E-state index is 0.236. The highest BCUT2D eigenvalue weighted by atomic mass is 16.5. The average Bonchev–Trinajstić information content (AvgIpc) is 1.96. The van der Waals surface area contributed by atoms with Crippen molar-refractivity contribution >= 4 is 5.78 Å². The van der Waals surface area contributed by atoms with Gasteiger partial charge in [-0.1, -0.05) is 20.8 Å². The molecule has 0 rings (SSSR count). The predicted octanol–water partition coefficient (Wildman–Crippen LogP) is 0.967. The van der Waals surface area contributed by atoms with Crippen LogP contribution in [-0.4, -0.2) is 25.5 Å². The van der Waals surface area contributed by atoms with Crippen LogP contribution in [0.2, 0.25) is 0 Å². The molecule has 2 N–H and O–H groups in total. The number of carbonyl (C=O) groups is 1. The van der Waals surface area contributed by atoms with Gasteiger partial charge in [-0.2, -0.15) is 0 Å². The first-order valence-corrected chi connectivity index (χ1v) is 4.29. The van der Waals surface area contributed by atoms with Crippen LogP contribution in [0, 0.1) is 5.41 Å². The van der Waals surface area contributed by atoms with E-state index in [2.05, 4.69) is 0 Å². The third-order valence-electron chi connectivity index (χ3n) is 1.57. The van der Waals surface area contributed by atoms with Gasteiger partial charge in [-0.3, -0.25) is 4.79 Å². The summed E-state index contributed by atoms with van der Waals surface area (Å²) in [6, 6.07) is 0. The summed E-state index contributed by atoms with van der Waals surface area (Å²) < 4.78 is 5.10. The van der Waals surface area contributed by atoms with Gasteiger partial charge in [0.25, 0.3) is 0 Å². The highest BCUT2D eigenvalue weighted by Crippen LogP contribution is 2.16. The summed E-state index contributed by atoms with van der Waals surface area (Å²) in [6.45, 7) is 7.29. The lowest BCUT2D eigenvalue weighted by Gasteiger charge is -2.15. The second-order valence-corrected chi connectivity index (χ2v) is 3.82. The van der Waals surface area contributed by atoms with E-state index in [1.807, 2.05) is 20.8 Å². The number of carbonyl (C=O) groups excluding carboxylic acids is 1. The Labute approximate surface area is 74.3 Å². The van der Waals surface area contributed by atoms with Gasteiger partial charge < -0.3 is 10.5 Å². The lowest BCUT2D eigenvalue weighted by molar-refractivity contribution is -0.127. The van der Waals surface area contributed by atoms with Crippen LogP contribution in [0.5, 0.6) is 0 Å². The highest BCUT2D eigenvalue weighted by molar-refractivity contribution is 5.83. The SMILES string of the molecule is CC(C)(C)C(=O)CCOCCN. The van der Waals surface area contributed by atoms with Gasteiger partial charge >= 0.3 is 0 Å². The maximum absolute atomic E-state index is 11.3. The van der Waals surface area contributed by atoms with Crippen LogP contribution in [0.1, 0.15) is 27.2 Å². The van der Waals surface area contributed by atoms with Crippen LogP contribution in [0.4, 0.5) is 0 Å². The summed E-state index contributed by atoms with van der Waals surface area (Å²) in [5.41, 5.74) is 4.98. The summed E-state index contributed by atoms with van der Waals surface area (Å²) >= 11 is 0. The zero-order chi connectivity index (χ0) is 9.61. The van der Waals surface area contributed by atoms with Crippen molar-refractivity contribution in [3.05, 3.63) is 0 Å². The van der Waals surface area contributed by atoms with Gasteiger partial charge in [-0.05, 0) is 0 Å². The predicted molar refractivity (Wildman–Crippen MR) is 49.0 cm³/mol. The van der Waals surface area contributed by atoms with Crippen LogP contribution in [0.15, 0.2) is 0 Å². The summed E-state index contributed by atoms with van der Waals surface area (Å²) in [5.74, 6) is 0.236. The molecule has 0 aromatic heterocycles. The summed E-state index contributed by atoms with van der Waals surface area (Å²) in [6.07, 6.45) is 0.490. The molecule has 0 atom stereocenters. The van der Waals surface area contributed by atoms with E-state index in [4.69, 9.17) is 10.5 Å². The Morgan fingerprint density at radius 1 is 1.33 bits per heavy atom. The van der Waals surface area contributed by atoms with Crippen LogP contribution in [-0.2, 0) is 9.53 Å². The van der Waals surface area contributed by atoms with Crippen molar-refractivity contribution in [1.82, 2.24) is 0 Å². The number of Topliss-reactive ketones (excluding diaryl/α,β-unsaturated/α-hetero) is 1. The normalized spacial score (nSPS) is 11.7. The van der Waals surface area contributed by atoms with Crippen molar-refractivity contribution in [3.63, 3.8) is 0 Å². The Hall–Kier alpha value is -0.410. The number of ketones is 1. The van der Waals surface area contributed by atoms with Crippen LogP contribution in [0.25, 0.3) is 0 Å². The van der Waals surface area contributed by atoms with E-state index in [1.54, 1.807) is 0 Å². The van der Waals surface area contributed by atoms with Gasteiger partial charge in [-0.25, -0.2) is 0 Å². The molecule has 12 heavy (non-hydrogen) atoms. The lowest BCUT2D eigenvalue weighted by Crippen LogP contribution is -2.22. The molecule has 72 valence electrons. The number of hydrogen-bond acceptors (Lipinski definition) is 3. The van der Waals surface area contributed by atoms with Gasteiger partial charge in [0.15, 0.2) is 0 Å². The Morgan fingerprint density at radius 2 is 1.92 bits per heavy atom. The second-order valence-electron chi connectivity index (χ2n) is 3.82. The molecule has 0 aliphatic carbocycles. The molecular weight excluding hydrogens is 154 g/mol. The lowest BCUT2D eigenvalue weighted by atomic mass is 9.89. The molecule has 0 amide bonds. The van der Waals surface area contributed by atoms with Gasteiger partial charge in [0.05, 0.1) is 13.2 Å². The van der Waals surface area contributed by atoms with Crippen LogP contribution < -0.4 is 5.73 Å². The molecule has 3 heteroatoms. The van der Waals surface area contributed by atoms with E-state index in [-0.39, 0.29) is 11.2 Å². The van der Waals surface area contributed by atoms with E-state index >= 15 is 0 Å². The van der Waals surface area contributed by atoms with Crippen molar-refractivity contribution in [1.29, 1.82) is 0 Å². The fourth-order valence-electron chi connectivity index (χ4n) is 0.725. The first-order valence-electron chi connectivity index (χ1n) is 4.29. The zero-order valence-corrected chi connectivity index (χ0v) is 8.22. The fraction of sp³-hybridized carbons (Fsp3) is 0.889. The number of hydrogen-bond donors (Lipinski definition) is 1. The molecule has 0 saturated heterocycles. The summed E-state index contributed by atoms with van der Waals surface area (Å²) in [5, 5.41) is 0.